The van der Waals surface area contributed by atoms with Crippen LogP contribution in [0.1, 0.15) is 29.7 Å². The highest BCUT2D eigenvalue weighted by atomic mass is 16.5. The lowest BCUT2D eigenvalue weighted by molar-refractivity contribution is 0.413. The summed E-state index contributed by atoms with van der Waals surface area (Å²) in [6.45, 7) is 2.16. The number of hydrogen-bond donors (Lipinski definition) is 2. The highest BCUT2D eigenvalue weighted by molar-refractivity contribution is 5.32. The third-order valence-electron chi connectivity index (χ3n) is 3.57. The van der Waals surface area contributed by atoms with Crippen LogP contribution in [0.25, 0.3) is 0 Å². The number of benzene rings is 2. The zero-order valence-corrected chi connectivity index (χ0v) is 12.1. The van der Waals surface area contributed by atoms with E-state index in [9.17, 15) is 0 Å². The predicted octanol–water partition coefficient (Wildman–Crippen LogP) is 3.00. The molecule has 3 N–H and O–H groups in total. The van der Waals surface area contributed by atoms with E-state index < -0.39 is 0 Å². The van der Waals surface area contributed by atoms with Crippen LogP contribution in [0.4, 0.5) is 0 Å². The summed E-state index contributed by atoms with van der Waals surface area (Å²) in [5, 5.41) is 0. The van der Waals surface area contributed by atoms with Crippen LogP contribution in [0.2, 0.25) is 0 Å². The van der Waals surface area contributed by atoms with Crippen molar-refractivity contribution >= 4 is 0 Å². The minimum absolute atomic E-state index is 0.0811. The molecule has 1 atom stereocenters. The summed E-state index contributed by atoms with van der Waals surface area (Å²) in [5.41, 5.74) is 6.65. The average molecular weight is 270 g/mol. The third kappa shape index (κ3) is 3.59. The fourth-order valence-electron chi connectivity index (χ4n) is 2.28. The van der Waals surface area contributed by atoms with E-state index >= 15 is 0 Å². The molecule has 0 radical (unpaired) electrons. The van der Waals surface area contributed by atoms with Gasteiger partial charge >= 0.3 is 0 Å². The Balaban J connectivity index is 2.14. The molecule has 0 amide bonds. The van der Waals surface area contributed by atoms with Crippen LogP contribution in [0.5, 0.6) is 5.75 Å². The summed E-state index contributed by atoms with van der Waals surface area (Å²) in [5.74, 6) is 6.56. The Labute approximate surface area is 120 Å². The minimum Gasteiger partial charge on any atom is -0.497 e. The molecule has 0 bridgehead atoms. The van der Waals surface area contributed by atoms with Crippen molar-refractivity contribution in [3.05, 3.63) is 65.2 Å². The monoisotopic (exact) mass is 270 g/mol. The number of ether oxygens (including phenoxy) is 1. The van der Waals surface area contributed by atoms with Crippen LogP contribution in [0, 0.1) is 0 Å². The molecule has 0 aliphatic heterocycles. The van der Waals surface area contributed by atoms with Crippen LogP contribution >= 0.6 is 0 Å². The van der Waals surface area contributed by atoms with Gasteiger partial charge in [0.05, 0.1) is 13.2 Å². The molecule has 0 saturated carbocycles. The van der Waals surface area contributed by atoms with E-state index in [1.54, 1.807) is 7.11 Å². The predicted molar refractivity (Wildman–Crippen MR) is 82.6 cm³/mol. The maximum atomic E-state index is 5.71. The maximum Gasteiger partial charge on any atom is 0.119 e. The van der Waals surface area contributed by atoms with Crippen LogP contribution in [0.3, 0.4) is 0 Å². The molecule has 2 aromatic rings. The Bertz CT molecular complexity index is 537. The molecule has 1 unspecified atom stereocenters. The molecule has 0 heterocycles. The van der Waals surface area contributed by atoms with Crippen molar-refractivity contribution in [3.8, 4) is 5.75 Å². The van der Waals surface area contributed by atoms with E-state index in [-0.39, 0.29) is 6.04 Å². The van der Waals surface area contributed by atoms with Crippen LogP contribution in [-0.2, 0) is 12.8 Å². The molecular formula is C17H22N2O. The zero-order valence-electron chi connectivity index (χ0n) is 12.1. The minimum atomic E-state index is 0.0811. The molecular weight excluding hydrogens is 248 g/mol. The summed E-state index contributed by atoms with van der Waals surface area (Å²) in [6.07, 6.45) is 1.92. The molecule has 3 nitrogen and oxygen atoms in total. The van der Waals surface area contributed by atoms with Gasteiger partial charge in [-0.1, -0.05) is 43.3 Å². The molecule has 106 valence electrons. The highest BCUT2D eigenvalue weighted by Crippen LogP contribution is 2.22. The largest absolute Gasteiger partial charge is 0.497 e. The average Bonchev–Trinajstić information content (AvgIpc) is 2.53. The highest BCUT2D eigenvalue weighted by Gasteiger charge is 2.11. The Kier molecular flexibility index (Phi) is 5.16. The van der Waals surface area contributed by atoms with E-state index in [0.717, 1.165) is 24.2 Å². The SMILES string of the molecule is CCc1ccc(CC(NN)c2cccc(OC)c2)cc1. The normalized spacial score (nSPS) is 12.2. The molecule has 0 fully saturated rings. The van der Waals surface area contributed by atoms with Gasteiger partial charge in [0, 0.05) is 0 Å². The van der Waals surface area contributed by atoms with Gasteiger partial charge in [-0.05, 0) is 41.7 Å². The first-order chi connectivity index (χ1) is 9.76. The summed E-state index contributed by atoms with van der Waals surface area (Å²) in [4.78, 5) is 0. The van der Waals surface area contributed by atoms with Gasteiger partial charge in [0.1, 0.15) is 5.75 Å². The van der Waals surface area contributed by atoms with E-state index in [1.165, 1.54) is 11.1 Å². The van der Waals surface area contributed by atoms with E-state index in [0.29, 0.717) is 0 Å². The standard InChI is InChI=1S/C17H22N2O/c1-3-13-7-9-14(10-8-13)11-17(19-18)15-5-4-6-16(12-15)20-2/h4-10,12,17,19H,3,11,18H2,1-2H3. The van der Waals surface area contributed by atoms with E-state index in [2.05, 4.69) is 42.7 Å². The lowest BCUT2D eigenvalue weighted by Gasteiger charge is -2.17. The molecule has 0 aromatic heterocycles. The Hall–Kier alpha value is -1.84. The number of rotatable bonds is 6. The quantitative estimate of drug-likeness (QED) is 0.626. The van der Waals surface area contributed by atoms with Gasteiger partial charge in [0.15, 0.2) is 0 Å². The summed E-state index contributed by atoms with van der Waals surface area (Å²) >= 11 is 0. The summed E-state index contributed by atoms with van der Waals surface area (Å²) in [7, 11) is 1.67. The number of nitrogens with one attached hydrogen (secondary N) is 1. The van der Waals surface area contributed by atoms with Gasteiger partial charge in [0.25, 0.3) is 0 Å². The first-order valence-electron chi connectivity index (χ1n) is 6.94. The second-order valence-electron chi connectivity index (χ2n) is 4.87. The van der Waals surface area contributed by atoms with Gasteiger partial charge in [-0.25, -0.2) is 0 Å². The van der Waals surface area contributed by atoms with Crippen molar-refractivity contribution in [1.29, 1.82) is 0 Å². The van der Waals surface area contributed by atoms with Crippen molar-refractivity contribution in [2.24, 2.45) is 5.84 Å². The van der Waals surface area contributed by atoms with E-state index in [1.807, 2.05) is 18.2 Å². The Morgan fingerprint density at radius 2 is 1.80 bits per heavy atom. The Morgan fingerprint density at radius 1 is 1.10 bits per heavy atom. The van der Waals surface area contributed by atoms with Gasteiger partial charge in [-0.2, -0.15) is 0 Å². The lowest BCUT2D eigenvalue weighted by atomic mass is 9.98. The second kappa shape index (κ2) is 7.08. The van der Waals surface area contributed by atoms with Gasteiger partial charge in [-0.3, -0.25) is 11.3 Å². The van der Waals surface area contributed by atoms with Gasteiger partial charge < -0.3 is 4.74 Å². The molecule has 0 aliphatic rings. The molecule has 3 heteroatoms. The number of nitrogens with two attached hydrogens (primary N) is 1. The summed E-state index contributed by atoms with van der Waals surface area (Å²) < 4.78 is 5.26. The lowest BCUT2D eigenvalue weighted by Crippen LogP contribution is -2.29. The van der Waals surface area contributed by atoms with Crippen molar-refractivity contribution in [2.75, 3.05) is 7.11 Å². The smallest absolute Gasteiger partial charge is 0.119 e. The maximum absolute atomic E-state index is 5.71. The van der Waals surface area contributed by atoms with Crippen LogP contribution in [0.15, 0.2) is 48.5 Å². The molecule has 0 spiro atoms. The molecule has 0 aliphatic carbocycles. The molecule has 2 rings (SSSR count). The number of hydrazine groups is 1. The van der Waals surface area contributed by atoms with Crippen molar-refractivity contribution in [2.45, 2.75) is 25.8 Å². The van der Waals surface area contributed by atoms with Gasteiger partial charge in [-0.15, -0.1) is 0 Å². The summed E-state index contributed by atoms with van der Waals surface area (Å²) in [6, 6.07) is 16.8. The Morgan fingerprint density at radius 3 is 2.40 bits per heavy atom. The zero-order chi connectivity index (χ0) is 14.4. The fourth-order valence-corrected chi connectivity index (χ4v) is 2.28. The van der Waals surface area contributed by atoms with Gasteiger partial charge in [0.2, 0.25) is 0 Å². The second-order valence-corrected chi connectivity index (χ2v) is 4.87. The first-order valence-corrected chi connectivity index (χ1v) is 6.94. The van der Waals surface area contributed by atoms with Crippen molar-refractivity contribution in [1.82, 2.24) is 5.43 Å². The number of aryl methyl sites for hydroxylation is 1. The van der Waals surface area contributed by atoms with Crippen molar-refractivity contribution < 1.29 is 4.74 Å². The fraction of sp³-hybridized carbons (Fsp3) is 0.294. The topological polar surface area (TPSA) is 47.3 Å². The third-order valence-corrected chi connectivity index (χ3v) is 3.57. The van der Waals surface area contributed by atoms with Crippen molar-refractivity contribution in [3.63, 3.8) is 0 Å². The number of hydrogen-bond acceptors (Lipinski definition) is 3. The first kappa shape index (κ1) is 14.6. The van der Waals surface area contributed by atoms with E-state index in [4.69, 9.17) is 10.6 Å². The number of methoxy groups -OCH3 is 1. The van der Waals surface area contributed by atoms with Crippen LogP contribution in [-0.4, -0.2) is 7.11 Å². The molecule has 0 saturated heterocycles. The van der Waals surface area contributed by atoms with Crippen LogP contribution < -0.4 is 16.0 Å². The molecule has 20 heavy (non-hydrogen) atoms. The molecule has 2 aromatic carbocycles.